The average molecular weight is 466 g/mol. The summed E-state index contributed by atoms with van der Waals surface area (Å²) in [6.45, 7) is 0. The fourth-order valence-electron chi connectivity index (χ4n) is 3.66. The van der Waals surface area contributed by atoms with Crippen LogP contribution in [0.3, 0.4) is 0 Å². The molecule has 0 bridgehead atoms. The summed E-state index contributed by atoms with van der Waals surface area (Å²) in [6, 6.07) is 18.4. The maximum absolute atomic E-state index is 13.6. The minimum Gasteiger partial charge on any atom is -0.448 e. The second-order valence-corrected chi connectivity index (χ2v) is 9.36. The molecule has 2 aliphatic heterocycles. The number of thioether (sulfide) groups is 2. The van der Waals surface area contributed by atoms with Crippen LogP contribution in [0.5, 0.6) is 0 Å². The molecule has 1 saturated heterocycles. The zero-order valence-electron chi connectivity index (χ0n) is 16.8. The van der Waals surface area contributed by atoms with Crippen LogP contribution in [0.4, 0.5) is 0 Å². The van der Waals surface area contributed by atoms with Crippen LogP contribution in [0.2, 0.25) is 0 Å². The van der Waals surface area contributed by atoms with Crippen LogP contribution in [-0.4, -0.2) is 49.1 Å². The van der Waals surface area contributed by atoms with E-state index in [9.17, 15) is 9.59 Å². The third kappa shape index (κ3) is 3.81. The predicted molar refractivity (Wildman–Crippen MR) is 121 cm³/mol. The van der Waals surface area contributed by atoms with E-state index in [1.165, 1.54) is 34.8 Å². The Kier molecular flexibility index (Phi) is 5.73. The lowest BCUT2D eigenvalue weighted by Gasteiger charge is -2.48. The molecule has 3 heterocycles. The zero-order valence-corrected chi connectivity index (χ0v) is 18.4. The van der Waals surface area contributed by atoms with Gasteiger partial charge in [-0.15, -0.1) is 16.9 Å². The molecule has 0 aliphatic carbocycles. The Labute approximate surface area is 192 Å². The molecule has 0 radical (unpaired) electrons. The number of nitrogens with two attached hydrogens (primary N) is 1. The first kappa shape index (κ1) is 20.8. The lowest BCUT2D eigenvalue weighted by molar-refractivity contribution is -0.152. The van der Waals surface area contributed by atoms with E-state index in [1.807, 2.05) is 60.7 Å². The average Bonchev–Trinajstić information content (AvgIpc) is 3.36. The number of carbonyl (C=O) groups is 2. The molecule has 0 saturated carbocycles. The summed E-state index contributed by atoms with van der Waals surface area (Å²) in [5.74, 6) is -0.364. The number of nitrogens with zero attached hydrogens (tertiary/aromatic N) is 3. The van der Waals surface area contributed by atoms with Crippen molar-refractivity contribution in [3.63, 3.8) is 0 Å². The van der Waals surface area contributed by atoms with Crippen LogP contribution in [0.25, 0.3) is 0 Å². The standard InChI is InChI=1S/C22H19N5O3S2/c23-16-19(28)27-17(15(11-31-20(16)27)32-22-24-12-25-26-22)21(29)30-18(13-7-3-1-4-8-13)14-9-5-2-6-10-14/h1-10,12,16,18,20H,11,23H2,(H,24,25,26)/t16-,20-/m1/s1. The molecule has 0 spiro atoms. The Morgan fingerprint density at radius 3 is 2.41 bits per heavy atom. The number of carbonyl (C=O) groups excluding carboxylic acids is 2. The van der Waals surface area contributed by atoms with Gasteiger partial charge in [-0.25, -0.2) is 9.78 Å². The van der Waals surface area contributed by atoms with Crippen molar-refractivity contribution in [2.75, 3.05) is 5.75 Å². The maximum Gasteiger partial charge on any atom is 0.356 e. The lowest BCUT2D eigenvalue weighted by Crippen LogP contribution is -2.68. The first-order chi connectivity index (χ1) is 15.6. The first-order valence-corrected chi connectivity index (χ1v) is 11.8. The fourth-order valence-corrected chi connectivity index (χ4v) is 5.94. The van der Waals surface area contributed by atoms with Crippen LogP contribution < -0.4 is 5.73 Å². The first-order valence-electron chi connectivity index (χ1n) is 9.91. The van der Waals surface area contributed by atoms with Crippen molar-refractivity contribution in [2.45, 2.75) is 22.7 Å². The van der Waals surface area contributed by atoms with Gasteiger partial charge in [-0.05, 0) is 22.9 Å². The Morgan fingerprint density at radius 2 is 1.81 bits per heavy atom. The quantitative estimate of drug-likeness (QED) is 0.422. The van der Waals surface area contributed by atoms with Crippen LogP contribution in [0.15, 0.2) is 82.7 Å². The molecule has 0 unspecified atom stereocenters. The number of H-pyrrole nitrogens is 1. The molecule has 1 aromatic heterocycles. The number of esters is 1. The number of fused-ring (bicyclic) bond motifs is 1. The van der Waals surface area contributed by atoms with Gasteiger partial charge >= 0.3 is 5.97 Å². The monoisotopic (exact) mass is 465 g/mol. The molecule has 2 aromatic carbocycles. The fraction of sp³-hybridized carbons (Fsp3) is 0.182. The summed E-state index contributed by atoms with van der Waals surface area (Å²) in [5, 5.41) is 6.90. The third-order valence-corrected chi connectivity index (χ3v) is 7.65. The number of aromatic amines is 1. The van der Waals surface area contributed by atoms with E-state index in [2.05, 4.69) is 15.2 Å². The van der Waals surface area contributed by atoms with Gasteiger partial charge in [0.15, 0.2) is 6.10 Å². The number of aromatic nitrogens is 3. The Bertz CT molecular complexity index is 1120. The molecule has 3 N–H and O–H groups in total. The predicted octanol–water partition coefficient (Wildman–Crippen LogP) is 2.68. The van der Waals surface area contributed by atoms with Crippen molar-refractivity contribution in [1.82, 2.24) is 20.1 Å². The van der Waals surface area contributed by atoms with Gasteiger partial charge in [0, 0.05) is 10.7 Å². The van der Waals surface area contributed by atoms with E-state index in [1.54, 1.807) is 0 Å². The van der Waals surface area contributed by atoms with Crippen molar-refractivity contribution < 1.29 is 14.3 Å². The molecule has 2 atom stereocenters. The van der Waals surface area contributed by atoms with Gasteiger partial charge in [-0.2, -0.15) is 0 Å². The number of β-lactam (4-membered cyclic amide) rings is 1. The van der Waals surface area contributed by atoms with Crippen molar-refractivity contribution in [3.05, 3.63) is 88.7 Å². The Balaban J connectivity index is 1.51. The molecular weight excluding hydrogens is 446 g/mol. The maximum atomic E-state index is 13.6. The van der Waals surface area contributed by atoms with Crippen LogP contribution in [0.1, 0.15) is 17.2 Å². The van der Waals surface area contributed by atoms with E-state index in [0.29, 0.717) is 15.8 Å². The van der Waals surface area contributed by atoms with E-state index >= 15 is 0 Å². The highest BCUT2D eigenvalue weighted by Gasteiger charge is 2.52. The second kappa shape index (κ2) is 8.81. The summed E-state index contributed by atoms with van der Waals surface area (Å²) in [6.07, 6.45) is 0.843. The SMILES string of the molecule is N[C@@H]1C(=O)N2C(C(=O)OC(c3ccccc3)c3ccccc3)=C(Sc3nc[nH]n3)CS[C@H]12. The van der Waals surface area contributed by atoms with Gasteiger partial charge in [-0.3, -0.25) is 14.8 Å². The lowest BCUT2D eigenvalue weighted by atomic mass is 10.0. The number of benzene rings is 2. The summed E-state index contributed by atoms with van der Waals surface area (Å²) < 4.78 is 6.05. The van der Waals surface area contributed by atoms with Gasteiger partial charge < -0.3 is 10.5 Å². The highest BCUT2D eigenvalue weighted by atomic mass is 32.2. The molecule has 3 aromatic rings. The van der Waals surface area contributed by atoms with Crippen LogP contribution in [-0.2, 0) is 14.3 Å². The van der Waals surface area contributed by atoms with Crippen molar-refractivity contribution in [1.29, 1.82) is 0 Å². The largest absolute Gasteiger partial charge is 0.448 e. The van der Waals surface area contributed by atoms with Crippen LogP contribution in [0, 0.1) is 0 Å². The molecular formula is C22H19N5O3S2. The minimum atomic E-state index is -0.628. The Hall–Kier alpha value is -3.08. The summed E-state index contributed by atoms with van der Waals surface area (Å²) in [5.41, 5.74) is 7.87. The topological polar surface area (TPSA) is 114 Å². The molecule has 1 amide bonds. The molecule has 2 aliphatic rings. The third-order valence-electron chi connectivity index (χ3n) is 5.20. The highest BCUT2D eigenvalue weighted by Crippen LogP contribution is 2.44. The summed E-state index contributed by atoms with van der Waals surface area (Å²) >= 11 is 2.75. The van der Waals surface area contributed by atoms with E-state index in [-0.39, 0.29) is 17.0 Å². The normalized spacial score (nSPS) is 20.2. The molecule has 1 fully saturated rings. The van der Waals surface area contributed by atoms with E-state index in [0.717, 1.165) is 11.1 Å². The second-order valence-electron chi connectivity index (χ2n) is 7.20. The van der Waals surface area contributed by atoms with Gasteiger partial charge in [0.1, 0.15) is 23.4 Å². The number of hydrogen-bond donors (Lipinski definition) is 2. The molecule has 162 valence electrons. The zero-order chi connectivity index (χ0) is 22.1. The molecule has 5 rings (SSSR count). The minimum absolute atomic E-state index is 0.215. The number of ether oxygens (including phenoxy) is 1. The van der Waals surface area contributed by atoms with E-state index in [4.69, 9.17) is 10.5 Å². The number of nitrogens with one attached hydrogen (secondary N) is 1. The molecule has 10 heteroatoms. The highest BCUT2D eigenvalue weighted by molar-refractivity contribution is 8.06. The smallest absolute Gasteiger partial charge is 0.356 e. The van der Waals surface area contributed by atoms with Gasteiger partial charge in [0.05, 0.1) is 0 Å². The van der Waals surface area contributed by atoms with Crippen LogP contribution >= 0.6 is 23.5 Å². The van der Waals surface area contributed by atoms with Crippen molar-refractivity contribution in [2.24, 2.45) is 5.73 Å². The van der Waals surface area contributed by atoms with E-state index < -0.39 is 18.1 Å². The number of rotatable bonds is 6. The van der Waals surface area contributed by atoms with Gasteiger partial charge in [0.2, 0.25) is 11.1 Å². The van der Waals surface area contributed by atoms with Crippen molar-refractivity contribution >= 4 is 35.4 Å². The Morgan fingerprint density at radius 1 is 1.16 bits per heavy atom. The van der Waals surface area contributed by atoms with Crippen molar-refractivity contribution in [3.8, 4) is 0 Å². The molecule has 32 heavy (non-hydrogen) atoms. The number of amides is 1. The van der Waals surface area contributed by atoms with Gasteiger partial charge in [0.25, 0.3) is 0 Å². The molecule has 8 nitrogen and oxygen atoms in total. The summed E-state index contributed by atoms with van der Waals surface area (Å²) in [4.78, 5) is 32.4. The summed E-state index contributed by atoms with van der Waals surface area (Å²) in [7, 11) is 0. The number of hydrogen-bond acceptors (Lipinski definition) is 8. The van der Waals surface area contributed by atoms with Gasteiger partial charge in [-0.1, -0.05) is 60.7 Å².